The first-order chi connectivity index (χ1) is 9.06. The normalized spacial score (nSPS) is 16.9. The van der Waals surface area contributed by atoms with Crippen molar-refractivity contribution in [3.05, 3.63) is 28.4 Å². The molecule has 2 rings (SSSR count). The predicted octanol–water partition coefficient (Wildman–Crippen LogP) is 1.77. The van der Waals surface area contributed by atoms with E-state index in [1.807, 2.05) is 0 Å². The monoisotopic (exact) mass is 264 g/mol. The molecule has 104 valence electrons. The zero-order valence-corrected chi connectivity index (χ0v) is 11.5. The number of nitrogens with zero attached hydrogens (tertiary/aromatic N) is 4. The Kier molecular flexibility index (Phi) is 4.31. The molecule has 2 heterocycles. The molecule has 19 heavy (non-hydrogen) atoms. The van der Waals surface area contributed by atoms with Gasteiger partial charge in [-0.2, -0.15) is 0 Å². The molecule has 1 aromatic rings. The fraction of sp³-hybridized carbons (Fsp3) is 0.615. The van der Waals surface area contributed by atoms with Crippen molar-refractivity contribution in [1.82, 2.24) is 9.88 Å². The maximum Gasteiger partial charge on any atom is 0.363 e. The highest BCUT2D eigenvalue weighted by atomic mass is 16.6. The maximum atomic E-state index is 10.6. The molecular formula is C13H20N4O2. The van der Waals surface area contributed by atoms with Gasteiger partial charge in [-0.05, 0) is 21.9 Å². The fourth-order valence-corrected chi connectivity index (χ4v) is 2.38. The largest absolute Gasteiger partial charge is 0.366 e. The van der Waals surface area contributed by atoms with Gasteiger partial charge in [0.25, 0.3) is 0 Å². The molecule has 0 N–H and O–H groups in total. The number of pyridine rings is 1. The van der Waals surface area contributed by atoms with Gasteiger partial charge in [0.15, 0.2) is 6.20 Å². The highest BCUT2D eigenvalue weighted by molar-refractivity contribution is 5.46. The molecule has 1 aromatic heterocycles. The number of rotatable bonds is 4. The summed E-state index contributed by atoms with van der Waals surface area (Å²) in [5.74, 6) is 0.592. The summed E-state index contributed by atoms with van der Waals surface area (Å²) in [4.78, 5) is 18.6. The number of hydrogen-bond acceptors (Lipinski definition) is 5. The predicted molar refractivity (Wildman–Crippen MR) is 74.4 cm³/mol. The first kappa shape index (κ1) is 13.7. The van der Waals surface area contributed by atoms with Crippen LogP contribution in [0.25, 0.3) is 0 Å². The number of aromatic nitrogens is 1. The molecule has 0 bridgehead atoms. The molecule has 0 spiro atoms. The van der Waals surface area contributed by atoms with Crippen molar-refractivity contribution in [1.29, 1.82) is 0 Å². The standard InChI is InChI=1S/C13H20N4O2/c1-11(2)10-15-5-7-16(8-6-15)12-3-4-13(14-9-12)17(18)19/h3-4,9,11H,5-8,10H2,1-2H3. The van der Waals surface area contributed by atoms with Crippen LogP contribution in [0.4, 0.5) is 11.5 Å². The van der Waals surface area contributed by atoms with Crippen molar-refractivity contribution < 1.29 is 4.92 Å². The van der Waals surface area contributed by atoms with Gasteiger partial charge in [0.2, 0.25) is 0 Å². The van der Waals surface area contributed by atoms with E-state index in [1.54, 1.807) is 12.3 Å². The van der Waals surface area contributed by atoms with Crippen LogP contribution in [0.2, 0.25) is 0 Å². The van der Waals surface area contributed by atoms with Gasteiger partial charge in [-0.3, -0.25) is 4.90 Å². The Morgan fingerprint density at radius 1 is 1.32 bits per heavy atom. The van der Waals surface area contributed by atoms with Crippen LogP contribution < -0.4 is 4.90 Å². The Hall–Kier alpha value is -1.69. The second kappa shape index (κ2) is 5.97. The molecule has 1 aliphatic heterocycles. The van der Waals surface area contributed by atoms with Gasteiger partial charge in [-0.25, -0.2) is 0 Å². The second-order valence-corrected chi connectivity index (χ2v) is 5.31. The van der Waals surface area contributed by atoms with Crippen molar-refractivity contribution >= 4 is 11.5 Å². The summed E-state index contributed by atoms with van der Waals surface area (Å²) in [6, 6.07) is 3.25. The van der Waals surface area contributed by atoms with Crippen molar-refractivity contribution in [2.45, 2.75) is 13.8 Å². The molecule has 0 unspecified atom stereocenters. The van der Waals surface area contributed by atoms with E-state index in [9.17, 15) is 10.1 Å². The number of piperazine rings is 1. The molecule has 0 aliphatic carbocycles. The molecule has 0 saturated carbocycles. The lowest BCUT2D eigenvalue weighted by Gasteiger charge is -2.36. The van der Waals surface area contributed by atoms with Crippen LogP contribution in [0.3, 0.4) is 0 Å². The molecule has 0 radical (unpaired) electrons. The van der Waals surface area contributed by atoms with Crippen molar-refractivity contribution in [2.75, 3.05) is 37.6 Å². The van der Waals surface area contributed by atoms with Crippen LogP contribution in [-0.2, 0) is 0 Å². The average Bonchev–Trinajstić information content (AvgIpc) is 2.39. The third kappa shape index (κ3) is 3.64. The minimum absolute atomic E-state index is 0.0952. The van der Waals surface area contributed by atoms with Crippen LogP contribution in [-0.4, -0.2) is 47.5 Å². The van der Waals surface area contributed by atoms with Crippen molar-refractivity contribution in [3.63, 3.8) is 0 Å². The van der Waals surface area contributed by atoms with E-state index in [-0.39, 0.29) is 5.82 Å². The van der Waals surface area contributed by atoms with Crippen LogP contribution in [0, 0.1) is 16.0 Å². The smallest absolute Gasteiger partial charge is 0.363 e. The fourth-order valence-electron chi connectivity index (χ4n) is 2.38. The van der Waals surface area contributed by atoms with Crippen LogP contribution in [0.5, 0.6) is 0 Å². The molecule has 0 aromatic carbocycles. The molecular weight excluding hydrogens is 244 g/mol. The summed E-state index contributed by atoms with van der Waals surface area (Å²) in [7, 11) is 0. The van der Waals surface area contributed by atoms with Crippen molar-refractivity contribution in [2.24, 2.45) is 5.92 Å². The zero-order valence-electron chi connectivity index (χ0n) is 11.5. The summed E-state index contributed by atoms with van der Waals surface area (Å²) in [6.45, 7) is 9.56. The van der Waals surface area contributed by atoms with Gasteiger partial charge in [-0.1, -0.05) is 13.8 Å². The second-order valence-electron chi connectivity index (χ2n) is 5.31. The Morgan fingerprint density at radius 2 is 2.00 bits per heavy atom. The highest BCUT2D eigenvalue weighted by Gasteiger charge is 2.19. The summed E-state index contributed by atoms with van der Waals surface area (Å²) < 4.78 is 0. The lowest BCUT2D eigenvalue weighted by Crippen LogP contribution is -2.47. The Morgan fingerprint density at radius 3 is 2.47 bits per heavy atom. The first-order valence-electron chi connectivity index (χ1n) is 6.64. The van der Waals surface area contributed by atoms with Gasteiger partial charge < -0.3 is 15.0 Å². The molecule has 1 fully saturated rings. The number of anilines is 1. The quantitative estimate of drug-likeness (QED) is 0.612. The lowest BCUT2D eigenvalue weighted by molar-refractivity contribution is -0.389. The Bertz CT molecular complexity index is 425. The molecule has 0 atom stereocenters. The van der Waals surface area contributed by atoms with Crippen LogP contribution in [0.15, 0.2) is 18.3 Å². The van der Waals surface area contributed by atoms with E-state index in [0.717, 1.165) is 38.4 Å². The summed E-state index contributed by atoms with van der Waals surface area (Å²) in [5, 5.41) is 10.6. The van der Waals surface area contributed by atoms with Crippen LogP contribution >= 0.6 is 0 Å². The first-order valence-corrected chi connectivity index (χ1v) is 6.64. The number of hydrogen-bond donors (Lipinski definition) is 0. The van der Waals surface area contributed by atoms with E-state index in [1.165, 1.54) is 6.07 Å². The molecule has 6 nitrogen and oxygen atoms in total. The molecule has 1 saturated heterocycles. The van der Waals surface area contributed by atoms with Gasteiger partial charge in [-0.15, -0.1) is 0 Å². The van der Waals surface area contributed by atoms with Gasteiger partial charge in [0, 0.05) is 38.8 Å². The molecule has 1 aliphatic rings. The number of nitro groups is 1. The Balaban J connectivity index is 1.92. The van der Waals surface area contributed by atoms with Gasteiger partial charge in [0.1, 0.15) is 0 Å². The van der Waals surface area contributed by atoms with Crippen LogP contribution in [0.1, 0.15) is 13.8 Å². The summed E-state index contributed by atoms with van der Waals surface area (Å²) in [5.41, 5.74) is 0.967. The highest BCUT2D eigenvalue weighted by Crippen LogP contribution is 2.18. The molecule has 6 heteroatoms. The maximum absolute atomic E-state index is 10.6. The SMILES string of the molecule is CC(C)CN1CCN(c2ccc([N+](=O)[O-])nc2)CC1. The zero-order chi connectivity index (χ0) is 13.8. The van der Waals surface area contributed by atoms with Gasteiger partial charge >= 0.3 is 5.82 Å². The average molecular weight is 264 g/mol. The van der Waals surface area contributed by atoms with Gasteiger partial charge in [0.05, 0.1) is 5.69 Å². The minimum atomic E-state index is -0.468. The van der Waals surface area contributed by atoms with E-state index in [2.05, 4.69) is 28.6 Å². The summed E-state index contributed by atoms with van der Waals surface area (Å²) in [6.07, 6.45) is 1.59. The van der Waals surface area contributed by atoms with Crippen molar-refractivity contribution in [3.8, 4) is 0 Å². The Labute approximate surface area is 113 Å². The van der Waals surface area contributed by atoms with E-state index < -0.39 is 4.92 Å². The lowest BCUT2D eigenvalue weighted by atomic mass is 10.2. The summed E-state index contributed by atoms with van der Waals surface area (Å²) >= 11 is 0. The third-order valence-electron chi connectivity index (χ3n) is 3.28. The molecule has 0 amide bonds. The topological polar surface area (TPSA) is 62.5 Å². The van der Waals surface area contributed by atoms with E-state index in [0.29, 0.717) is 5.92 Å². The minimum Gasteiger partial charge on any atom is -0.366 e. The third-order valence-corrected chi connectivity index (χ3v) is 3.28. The van der Waals surface area contributed by atoms with E-state index in [4.69, 9.17) is 0 Å². The van der Waals surface area contributed by atoms with E-state index >= 15 is 0 Å².